The molecule has 114 valence electrons. The fraction of sp³-hybridized carbons (Fsp3) is 0.176. The Hall–Kier alpha value is -2.40. The van der Waals surface area contributed by atoms with Crippen LogP contribution in [0.25, 0.3) is 10.2 Å². The van der Waals surface area contributed by atoms with Crippen molar-refractivity contribution in [3.8, 4) is 5.75 Å². The smallest absolute Gasteiger partial charge is 0.256 e. The van der Waals surface area contributed by atoms with Crippen molar-refractivity contribution in [2.75, 3.05) is 12.4 Å². The number of fused-ring (bicyclic) bond motifs is 1. The molecule has 2 rings (SSSR count). The number of aromatic nitrogens is 1. The number of amides is 1. The number of nitrogens with one attached hydrogen (secondary N) is 1. The summed E-state index contributed by atoms with van der Waals surface area (Å²) in [6.45, 7) is 7.63. The summed E-state index contributed by atoms with van der Waals surface area (Å²) in [5.74, 6) is 0.512. The van der Waals surface area contributed by atoms with Crippen LogP contribution in [0.3, 0.4) is 0 Å². The first-order chi connectivity index (χ1) is 10.5. The average molecular weight is 314 g/mol. The standard InChI is InChI=1S/C17H18N2O2S/c1-5-6-11(2)9-12(3)16(20)19-17-18-14-8-7-13(21-4)10-15(14)22-17/h5-10H,3H2,1-2,4H3,(H,18,19,20)/b6-5-,11-9-. The molecule has 0 fully saturated rings. The Kier molecular flexibility index (Phi) is 5.12. The van der Waals surface area contributed by atoms with Gasteiger partial charge in [-0.15, -0.1) is 0 Å². The quantitative estimate of drug-likeness (QED) is 0.660. The zero-order valence-electron chi connectivity index (χ0n) is 12.8. The maximum Gasteiger partial charge on any atom is 0.256 e. The van der Waals surface area contributed by atoms with E-state index in [4.69, 9.17) is 4.74 Å². The molecule has 4 nitrogen and oxygen atoms in total. The fourth-order valence-corrected chi connectivity index (χ4v) is 2.80. The number of nitrogens with zero attached hydrogens (tertiary/aromatic N) is 1. The molecule has 5 heteroatoms. The topological polar surface area (TPSA) is 51.2 Å². The lowest BCUT2D eigenvalue weighted by molar-refractivity contribution is -0.112. The second kappa shape index (κ2) is 7.04. The number of methoxy groups -OCH3 is 1. The van der Waals surface area contributed by atoms with Crippen LogP contribution < -0.4 is 10.1 Å². The molecule has 1 aromatic heterocycles. The predicted molar refractivity (Wildman–Crippen MR) is 92.5 cm³/mol. The summed E-state index contributed by atoms with van der Waals surface area (Å²) in [7, 11) is 1.62. The first-order valence-electron chi connectivity index (χ1n) is 6.79. The second-order valence-electron chi connectivity index (χ2n) is 4.72. The molecule has 0 atom stereocenters. The highest BCUT2D eigenvalue weighted by Crippen LogP contribution is 2.29. The Balaban J connectivity index is 2.14. The van der Waals surface area contributed by atoms with Gasteiger partial charge in [-0.1, -0.05) is 35.6 Å². The zero-order chi connectivity index (χ0) is 16.1. The minimum Gasteiger partial charge on any atom is -0.497 e. The number of rotatable bonds is 5. The Labute approximate surface area is 133 Å². The SMILES string of the molecule is C=C(/C=C(C)\C=C/C)C(=O)Nc1nc2ccc(OC)cc2s1. The number of hydrogen-bond acceptors (Lipinski definition) is 4. The van der Waals surface area contributed by atoms with Gasteiger partial charge in [0.2, 0.25) is 0 Å². The van der Waals surface area contributed by atoms with Crippen molar-refractivity contribution < 1.29 is 9.53 Å². The van der Waals surface area contributed by atoms with Gasteiger partial charge in [-0.25, -0.2) is 4.98 Å². The van der Waals surface area contributed by atoms with Crippen molar-refractivity contribution in [1.82, 2.24) is 4.98 Å². The van der Waals surface area contributed by atoms with Gasteiger partial charge in [-0.3, -0.25) is 10.1 Å². The van der Waals surface area contributed by atoms with E-state index >= 15 is 0 Å². The Morgan fingerprint density at radius 1 is 1.45 bits per heavy atom. The number of thiazole rings is 1. The third kappa shape index (κ3) is 3.83. The lowest BCUT2D eigenvalue weighted by Gasteiger charge is -2.01. The molecule has 0 aliphatic carbocycles. The van der Waals surface area contributed by atoms with E-state index < -0.39 is 0 Å². The van der Waals surface area contributed by atoms with E-state index in [1.54, 1.807) is 13.2 Å². The number of allylic oxidation sites excluding steroid dienone is 3. The maximum absolute atomic E-state index is 12.1. The van der Waals surface area contributed by atoms with Gasteiger partial charge >= 0.3 is 0 Å². The van der Waals surface area contributed by atoms with Gasteiger partial charge in [-0.05, 0) is 38.1 Å². The van der Waals surface area contributed by atoms with E-state index in [0.717, 1.165) is 21.5 Å². The van der Waals surface area contributed by atoms with E-state index in [2.05, 4.69) is 16.9 Å². The molecule has 1 amide bonds. The van der Waals surface area contributed by atoms with Crippen molar-refractivity contribution >= 4 is 32.6 Å². The van der Waals surface area contributed by atoms with Crippen LogP contribution in [0, 0.1) is 0 Å². The lowest BCUT2D eigenvalue weighted by Crippen LogP contribution is -2.12. The van der Waals surface area contributed by atoms with E-state index in [-0.39, 0.29) is 5.91 Å². The summed E-state index contributed by atoms with van der Waals surface area (Å²) in [5.41, 5.74) is 2.19. The highest BCUT2D eigenvalue weighted by Gasteiger charge is 2.10. The monoisotopic (exact) mass is 314 g/mol. The van der Waals surface area contributed by atoms with E-state index in [9.17, 15) is 4.79 Å². The predicted octanol–water partition coefficient (Wildman–Crippen LogP) is 4.32. The molecule has 22 heavy (non-hydrogen) atoms. The number of carbonyl (C=O) groups is 1. The van der Waals surface area contributed by atoms with Crippen LogP contribution >= 0.6 is 11.3 Å². The van der Waals surface area contributed by atoms with Gasteiger partial charge in [0.1, 0.15) is 5.75 Å². The molecule has 2 aromatic rings. The number of benzene rings is 1. The first kappa shape index (κ1) is 16.0. The fourth-order valence-electron chi connectivity index (χ4n) is 1.91. The molecule has 0 spiro atoms. The summed E-state index contributed by atoms with van der Waals surface area (Å²) in [5, 5.41) is 3.32. The minimum atomic E-state index is -0.255. The molecule has 0 radical (unpaired) electrons. The van der Waals surface area contributed by atoms with E-state index in [0.29, 0.717) is 10.7 Å². The van der Waals surface area contributed by atoms with Crippen LogP contribution in [0.5, 0.6) is 5.75 Å². The van der Waals surface area contributed by atoms with E-state index in [1.165, 1.54) is 11.3 Å². The molecule has 0 aliphatic heterocycles. The zero-order valence-corrected chi connectivity index (χ0v) is 13.7. The van der Waals surface area contributed by atoms with Gasteiger partial charge in [0, 0.05) is 5.57 Å². The molecular formula is C17H18N2O2S. The summed E-state index contributed by atoms with van der Waals surface area (Å²) in [4.78, 5) is 16.5. The summed E-state index contributed by atoms with van der Waals surface area (Å²) < 4.78 is 6.14. The van der Waals surface area contributed by atoms with Gasteiger partial charge in [0.25, 0.3) is 5.91 Å². The first-order valence-corrected chi connectivity index (χ1v) is 7.61. The van der Waals surface area contributed by atoms with Crippen LogP contribution in [-0.4, -0.2) is 18.0 Å². The van der Waals surface area contributed by atoms with E-state index in [1.807, 2.05) is 44.2 Å². The van der Waals surface area contributed by atoms with Gasteiger partial charge < -0.3 is 4.74 Å². The van der Waals surface area contributed by atoms with Gasteiger partial charge in [0.05, 0.1) is 17.3 Å². The highest BCUT2D eigenvalue weighted by atomic mass is 32.1. The molecule has 0 aliphatic rings. The molecule has 1 aromatic carbocycles. The Morgan fingerprint density at radius 3 is 2.91 bits per heavy atom. The lowest BCUT2D eigenvalue weighted by atomic mass is 10.1. The van der Waals surface area contributed by atoms with Crippen molar-refractivity contribution in [2.45, 2.75) is 13.8 Å². The maximum atomic E-state index is 12.1. The number of hydrogen-bond donors (Lipinski definition) is 1. The molecular weight excluding hydrogens is 296 g/mol. The average Bonchev–Trinajstić information content (AvgIpc) is 2.88. The number of ether oxygens (including phenoxy) is 1. The normalized spacial score (nSPS) is 11.9. The number of carbonyl (C=O) groups excluding carboxylic acids is 1. The summed E-state index contributed by atoms with van der Waals surface area (Å²) >= 11 is 1.40. The molecule has 1 heterocycles. The molecule has 0 saturated carbocycles. The second-order valence-corrected chi connectivity index (χ2v) is 5.75. The Morgan fingerprint density at radius 2 is 2.23 bits per heavy atom. The van der Waals surface area contributed by atoms with Crippen molar-refractivity contribution in [3.05, 3.63) is 54.2 Å². The van der Waals surface area contributed by atoms with Crippen LogP contribution in [0.15, 0.2) is 54.2 Å². The summed E-state index contributed by atoms with van der Waals surface area (Å²) in [6, 6.07) is 5.61. The minimum absolute atomic E-state index is 0.255. The number of anilines is 1. The highest BCUT2D eigenvalue weighted by molar-refractivity contribution is 7.22. The Bertz CT molecular complexity index is 772. The molecule has 1 N–H and O–H groups in total. The van der Waals surface area contributed by atoms with Crippen LogP contribution in [0.2, 0.25) is 0 Å². The van der Waals surface area contributed by atoms with Crippen LogP contribution in [0.4, 0.5) is 5.13 Å². The van der Waals surface area contributed by atoms with Crippen LogP contribution in [-0.2, 0) is 4.79 Å². The molecule has 0 saturated heterocycles. The van der Waals surface area contributed by atoms with Crippen molar-refractivity contribution in [2.24, 2.45) is 0 Å². The van der Waals surface area contributed by atoms with Gasteiger partial charge in [-0.2, -0.15) is 0 Å². The van der Waals surface area contributed by atoms with Crippen LogP contribution in [0.1, 0.15) is 13.8 Å². The molecule has 0 bridgehead atoms. The van der Waals surface area contributed by atoms with Crippen molar-refractivity contribution in [3.63, 3.8) is 0 Å². The van der Waals surface area contributed by atoms with Gasteiger partial charge in [0.15, 0.2) is 5.13 Å². The largest absolute Gasteiger partial charge is 0.497 e. The molecule has 0 unspecified atom stereocenters. The third-order valence-electron chi connectivity index (χ3n) is 2.94. The summed E-state index contributed by atoms with van der Waals surface area (Å²) in [6.07, 6.45) is 5.58. The third-order valence-corrected chi connectivity index (χ3v) is 3.87. The van der Waals surface area contributed by atoms with Crippen molar-refractivity contribution in [1.29, 1.82) is 0 Å².